The summed E-state index contributed by atoms with van der Waals surface area (Å²) in [6.07, 6.45) is 85.3. The van der Waals surface area contributed by atoms with E-state index in [1.54, 1.807) is 0 Å². The largest absolute Gasteiger partial charge is 0.472 e. The van der Waals surface area contributed by atoms with Gasteiger partial charge in [0.15, 0.2) is 0 Å². The van der Waals surface area contributed by atoms with Crippen molar-refractivity contribution >= 4 is 13.7 Å². The zero-order valence-electron chi connectivity index (χ0n) is 58.0. The number of rotatable bonds is 73. The molecule has 3 N–H and O–H groups in total. The van der Waals surface area contributed by atoms with Crippen LogP contribution >= 0.6 is 7.82 Å². The van der Waals surface area contributed by atoms with Gasteiger partial charge in [-0.25, -0.2) is 4.57 Å². The number of hydrogen-bond donors (Lipinski definition) is 3. The maximum absolute atomic E-state index is 13.1. The van der Waals surface area contributed by atoms with Crippen LogP contribution in [-0.4, -0.2) is 73.4 Å². The van der Waals surface area contributed by atoms with Crippen LogP contribution in [-0.2, 0) is 18.4 Å². The summed E-state index contributed by atoms with van der Waals surface area (Å²) in [5.74, 6) is -0.132. The standard InChI is InChI=1S/C75H153N2O6P/c1-6-8-10-12-14-16-18-20-22-24-26-28-30-31-32-33-34-35-36-37-38-39-40-41-42-43-44-45-47-49-51-53-55-57-59-61-63-65-67-69-75(79)76-73(72-83-84(80,81)82-71-70-77(3,4)5)74(78)68-66-64-62-60-58-56-54-52-50-48-46-29-27-25-23-21-19-17-15-13-11-9-7-2/h73-74,78H,6-72H2,1-5H3,(H-,76,79,80,81)/p+1. The highest BCUT2D eigenvalue weighted by molar-refractivity contribution is 7.47. The Morgan fingerprint density at radius 3 is 0.798 bits per heavy atom. The molecule has 9 heteroatoms. The van der Waals surface area contributed by atoms with E-state index in [9.17, 15) is 19.4 Å². The molecule has 0 aliphatic carbocycles. The maximum atomic E-state index is 13.1. The highest BCUT2D eigenvalue weighted by Crippen LogP contribution is 2.43. The lowest BCUT2D eigenvalue weighted by atomic mass is 10.0. The summed E-state index contributed by atoms with van der Waals surface area (Å²) in [6.45, 7) is 4.97. The van der Waals surface area contributed by atoms with Gasteiger partial charge in [-0.3, -0.25) is 13.8 Å². The van der Waals surface area contributed by atoms with Gasteiger partial charge in [0.05, 0.1) is 39.9 Å². The second kappa shape index (κ2) is 66.9. The van der Waals surface area contributed by atoms with Crippen LogP contribution in [0.2, 0.25) is 0 Å². The first kappa shape index (κ1) is 83.5. The molecule has 0 aromatic heterocycles. The molecule has 504 valence electrons. The van der Waals surface area contributed by atoms with E-state index in [-0.39, 0.29) is 19.1 Å². The van der Waals surface area contributed by atoms with E-state index in [1.165, 1.54) is 360 Å². The van der Waals surface area contributed by atoms with Gasteiger partial charge in [-0.1, -0.05) is 406 Å². The summed E-state index contributed by atoms with van der Waals surface area (Å²) in [5.41, 5.74) is 0. The molecule has 84 heavy (non-hydrogen) atoms. The number of aliphatic hydroxyl groups excluding tert-OH is 1. The Bertz CT molecular complexity index is 1330. The van der Waals surface area contributed by atoms with E-state index < -0.39 is 20.0 Å². The van der Waals surface area contributed by atoms with Crippen molar-refractivity contribution in [3.05, 3.63) is 0 Å². The Hall–Kier alpha value is -0.500. The first-order chi connectivity index (χ1) is 41.0. The Labute approximate surface area is 527 Å². The molecule has 0 rings (SSSR count). The number of amides is 1. The number of carbonyl (C=O) groups excluding carboxylic acids is 1. The summed E-state index contributed by atoms with van der Waals surface area (Å²) in [7, 11) is 1.64. The van der Waals surface area contributed by atoms with Crippen molar-refractivity contribution in [1.82, 2.24) is 5.32 Å². The van der Waals surface area contributed by atoms with Crippen LogP contribution < -0.4 is 5.32 Å². The van der Waals surface area contributed by atoms with Gasteiger partial charge in [0.2, 0.25) is 5.91 Å². The average Bonchev–Trinajstić information content (AvgIpc) is 3.56. The molecule has 1 amide bonds. The zero-order chi connectivity index (χ0) is 61.2. The molecule has 8 nitrogen and oxygen atoms in total. The fourth-order valence-corrected chi connectivity index (χ4v) is 13.1. The minimum Gasteiger partial charge on any atom is -0.391 e. The third-order valence-electron chi connectivity index (χ3n) is 18.4. The van der Waals surface area contributed by atoms with Gasteiger partial charge in [0, 0.05) is 6.42 Å². The van der Waals surface area contributed by atoms with Crippen LogP contribution in [0.15, 0.2) is 0 Å². The topological polar surface area (TPSA) is 105 Å². The van der Waals surface area contributed by atoms with Crippen molar-refractivity contribution in [1.29, 1.82) is 0 Å². The van der Waals surface area contributed by atoms with Crippen LogP contribution in [0, 0.1) is 0 Å². The molecule has 0 aliphatic heterocycles. The van der Waals surface area contributed by atoms with E-state index in [4.69, 9.17) is 9.05 Å². The molecule has 0 aromatic carbocycles. The summed E-state index contributed by atoms with van der Waals surface area (Å²) in [4.78, 5) is 23.5. The molecule has 0 saturated carbocycles. The summed E-state index contributed by atoms with van der Waals surface area (Å²) in [6, 6.07) is -0.757. The number of carbonyl (C=O) groups is 1. The van der Waals surface area contributed by atoms with Gasteiger partial charge in [-0.15, -0.1) is 0 Å². The predicted octanol–water partition coefficient (Wildman–Crippen LogP) is 24.7. The smallest absolute Gasteiger partial charge is 0.391 e. The normalized spacial score (nSPS) is 13.5. The van der Waals surface area contributed by atoms with E-state index in [2.05, 4.69) is 19.2 Å². The third kappa shape index (κ3) is 69.0. The molecule has 0 fully saturated rings. The molecule has 0 radical (unpaired) electrons. The fourth-order valence-electron chi connectivity index (χ4n) is 12.4. The number of phosphoric acid groups is 1. The molecule has 0 aliphatic rings. The van der Waals surface area contributed by atoms with Crippen molar-refractivity contribution in [2.75, 3.05) is 40.9 Å². The Morgan fingerprint density at radius 1 is 0.357 bits per heavy atom. The van der Waals surface area contributed by atoms with E-state index >= 15 is 0 Å². The van der Waals surface area contributed by atoms with E-state index in [0.717, 1.165) is 38.5 Å². The van der Waals surface area contributed by atoms with Crippen molar-refractivity contribution in [2.24, 2.45) is 0 Å². The number of likely N-dealkylation sites (N-methyl/N-ethyl adjacent to an activating group) is 1. The second-order valence-corrected chi connectivity index (χ2v) is 29.6. The molecule has 3 unspecified atom stereocenters. The number of phosphoric ester groups is 1. The Morgan fingerprint density at radius 2 is 0.571 bits per heavy atom. The quantitative estimate of drug-likeness (QED) is 0.0318. The van der Waals surface area contributed by atoms with Crippen LogP contribution in [0.3, 0.4) is 0 Å². The molecule has 0 aromatic rings. The molecule has 3 atom stereocenters. The number of hydrogen-bond acceptors (Lipinski definition) is 5. The second-order valence-electron chi connectivity index (χ2n) is 28.1. The zero-order valence-corrected chi connectivity index (χ0v) is 58.8. The van der Waals surface area contributed by atoms with Crippen LogP contribution in [0.25, 0.3) is 0 Å². The summed E-state index contributed by atoms with van der Waals surface area (Å²) >= 11 is 0. The SMILES string of the molecule is CCCCCCCCCCCCCCCCCCCCCCCCCCCCCCCCCCCCCCCCCC(=O)NC(COP(=O)(O)OCC[N+](C)(C)C)C(O)CCCCCCCCCCCCCCCCCCCCCCCCC. The first-order valence-corrected chi connectivity index (χ1v) is 39.9. The maximum Gasteiger partial charge on any atom is 0.472 e. The van der Waals surface area contributed by atoms with Gasteiger partial charge in [0.1, 0.15) is 13.2 Å². The van der Waals surface area contributed by atoms with Crippen molar-refractivity contribution in [2.45, 2.75) is 437 Å². The lowest BCUT2D eigenvalue weighted by Gasteiger charge is -2.26. The van der Waals surface area contributed by atoms with Crippen LogP contribution in [0.1, 0.15) is 425 Å². The Kier molecular flexibility index (Phi) is 66.5. The fraction of sp³-hybridized carbons (Fsp3) is 0.987. The lowest BCUT2D eigenvalue weighted by Crippen LogP contribution is -2.46. The number of nitrogens with zero attached hydrogens (tertiary/aromatic N) is 1. The van der Waals surface area contributed by atoms with Gasteiger partial charge < -0.3 is 19.8 Å². The molecule has 0 heterocycles. The molecule has 0 bridgehead atoms. The number of unbranched alkanes of at least 4 members (excludes halogenated alkanes) is 60. The highest BCUT2D eigenvalue weighted by atomic mass is 31.2. The van der Waals surface area contributed by atoms with E-state index in [1.807, 2.05) is 21.1 Å². The van der Waals surface area contributed by atoms with Crippen LogP contribution in [0.5, 0.6) is 0 Å². The summed E-state index contributed by atoms with van der Waals surface area (Å²) < 4.78 is 23.9. The lowest BCUT2D eigenvalue weighted by molar-refractivity contribution is -0.870. The van der Waals surface area contributed by atoms with Gasteiger partial charge in [0.25, 0.3) is 0 Å². The highest BCUT2D eigenvalue weighted by Gasteiger charge is 2.28. The average molecular weight is 1210 g/mol. The van der Waals surface area contributed by atoms with Gasteiger partial charge in [-0.2, -0.15) is 0 Å². The molecule has 0 spiro atoms. The van der Waals surface area contributed by atoms with Crippen molar-refractivity contribution in [3.8, 4) is 0 Å². The third-order valence-corrected chi connectivity index (χ3v) is 19.3. The Balaban J connectivity index is 3.86. The minimum absolute atomic E-state index is 0.0795. The minimum atomic E-state index is -4.33. The summed E-state index contributed by atoms with van der Waals surface area (Å²) in [5, 5.41) is 14.2. The number of quaternary nitrogens is 1. The van der Waals surface area contributed by atoms with Crippen molar-refractivity contribution < 1.29 is 32.9 Å². The van der Waals surface area contributed by atoms with E-state index in [0.29, 0.717) is 23.9 Å². The predicted molar refractivity (Wildman–Crippen MR) is 369 cm³/mol. The molecular weight excluding hydrogens is 1060 g/mol. The molecule has 0 saturated heterocycles. The monoisotopic (exact) mass is 1210 g/mol. The van der Waals surface area contributed by atoms with Gasteiger partial charge >= 0.3 is 7.82 Å². The van der Waals surface area contributed by atoms with Crippen LogP contribution in [0.4, 0.5) is 0 Å². The van der Waals surface area contributed by atoms with Crippen molar-refractivity contribution in [3.63, 3.8) is 0 Å². The number of aliphatic hydroxyl groups is 1. The first-order valence-electron chi connectivity index (χ1n) is 38.4. The van der Waals surface area contributed by atoms with Gasteiger partial charge in [-0.05, 0) is 12.8 Å². The number of nitrogens with one attached hydrogen (secondary N) is 1. The molecular formula is C75H154N2O6P+.